The summed E-state index contributed by atoms with van der Waals surface area (Å²) in [5, 5.41) is 5.51. The molecule has 6 nitrogen and oxygen atoms in total. The molecular formula is C16H19N3O3S3. The molecule has 25 heavy (non-hydrogen) atoms. The van der Waals surface area contributed by atoms with Gasteiger partial charge in [-0.05, 0) is 44.1 Å². The summed E-state index contributed by atoms with van der Waals surface area (Å²) in [6, 6.07) is 1.78. The first-order chi connectivity index (χ1) is 11.9. The Bertz CT molecular complexity index is 811. The van der Waals surface area contributed by atoms with Crippen LogP contribution in [0.15, 0.2) is 11.4 Å². The number of anilines is 1. The van der Waals surface area contributed by atoms with E-state index < -0.39 is 5.97 Å². The number of hydrogen-bond donors (Lipinski definition) is 3. The standard InChI is InChI=1S/C16H19N3O3S3/c1-5-10-6-11(15(21)22-4)14(25-10)17-16(23)19-18-13(20)12-7-24-9(3)8(12)2/h6-7H,5H2,1-4H3,(H,18,20)(H2,17,19,23). The van der Waals surface area contributed by atoms with Gasteiger partial charge in [-0.15, -0.1) is 22.7 Å². The number of thiocarbonyl (C=S) groups is 1. The van der Waals surface area contributed by atoms with E-state index in [-0.39, 0.29) is 11.0 Å². The number of thiophene rings is 2. The first-order valence-corrected chi connectivity index (χ1v) is 9.60. The minimum Gasteiger partial charge on any atom is -0.465 e. The predicted octanol–water partition coefficient (Wildman–Crippen LogP) is 3.41. The molecule has 0 aromatic carbocycles. The molecule has 0 aliphatic heterocycles. The van der Waals surface area contributed by atoms with E-state index in [0.717, 1.165) is 21.7 Å². The molecule has 2 aromatic heterocycles. The Morgan fingerprint density at radius 2 is 1.96 bits per heavy atom. The van der Waals surface area contributed by atoms with E-state index in [0.29, 0.717) is 16.1 Å². The van der Waals surface area contributed by atoms with Gasteiger partial charge in [0, 0.05) is 15.1 Å². The molecule has 0 saturated heterocycles. The average Bonchev–Trinajstić information content (AvgIpc) is 3.16. The Kier molecular flexibility index (Phi) is 6.51. The lowest BCUT2D eigenvalue weighted by Crippen LogP contribution is -2.43. The van der Waals surface area contributed by atoms with Crippen molar-refractivity contribution < 1.29 is 14.3 Å². The molecule has 0 fully saturated rings. The fourth-order valence-electron chi connectivity index (χ4n) is 2.02. The zero-order valence-electron chi connectivity index (χ0n) is 14.3. The van der Waals surface area contributed by atoms with Crippen LogP contribution in [-0.4, -0.2) is 24.1 Å². The van der Waals surface area contributed by atoms with Gasteiger partial charge >= 0.3 is 5.97 Å². The fraction of sp³-hybridized carbons (Fsp3) is 0.312. The molecule has 9 heteroatoms. The molecule has 0 aliphatic carbocycles. The third-order valence-corrected chi connectivity index (χ3v) is 6.00. The number of nitrogens with one attached hydrogen (secondary N) is 3. The summed E-state index contributed by atoms with van der Waals surface area (Å²) in [5.41, 5.74) is 7.19. The molecule has 0 radical (unpaired) electrons. The second-order valence-electron chi connectivity index (χ2n) is 5.16. The molecule has 0 spiro atoms. The molecule has 0 saturated carbocycles. The molecular weight excluding hydrogens is 378 g/mol. The van der Waals surface area contributed by atoms with Crippen LogP contribution in [0.1, 0.15) is 43.0 Å². The highest BCUT2D eigenvalue weighted by molar-refractivity contribution is 7.80. The second-order valence-corrected chi connectivity index (χ2v) is 7.79. The van der Waals surface area contributed by atoms with Crippen LogP contribution in [0, 0.1) is 13.8 Å². The second kappa shape index (κ2) is 8.41. The Balaban J connectivity index is 2.01. The van der Waals surface area contributed by atoms with Crippen molar-refractivity contribution in [1.29, 1.82) is 0 Å². The molecule has 0 aliphatic rings. The maximum absolute atomic E-state index is 12.2. The zero-order chi connectivity index (χ0) is 18.6. The van der Waals surface area contributed by atoms with Gasteiger partial charge in [0.05, 0.1) is 18.2 Å². The summed E-state index contributed by atoms with van der Waals surface area (Å²) in [6.07, 6.45) is 0.796. The Hall–Kier alpha value is -1.97. The zero-order valence-corrected chi connectivity index (χ0v) is 16.8. The predicted molar refractivity (Wildman–Crippen MR) is 106 cm³/mol. The molecule has 0 atom stereocenters. The number of hydrogen-bond acceptors (Lipinski definition) is 6. The highest BCUT2D eigenvalue weighted by atomic mass is 32.1. The number of carbonyl (C=O) groups excluding carboxylic acids is 2. The van der Waals surface area contributed by atoms with Crippen molar-refractivity contribution in [2.24, 2.45) is 0 Å². The Morgan fingerprint density at radius 1 is 1.24 bits per heavy atom. The highest BCUT2D eigenvalue weighted by Crippen LogP contribution is 2.29. The van der Waals surface area contributed by atoms with Gasteiger partial charge in [-0.1, -0.05) is 6.92 Å². The Labute approximate surface area is 159 Å². The Morgan fingerprint density at radius 3 is 2.52 bits per heavy atom. The van der Waals surface area contributed by atoms with Crippen molar-refractivity contribution in [2.75, 3.05) is 12.4 Å². The third-order valence-electron chi connectivity index (χ3n) is 3.58. The van der Waals surface area contributed by atoms with Crippen LogP contribution in [0.5, 0.6) is 0 Å². The number of esters is 1. The van der Waals surface area contributed by atoms with E-state index in [1.54, 1.807) is 11.4 Å². The summed E-state index contributed by atoms with van der Waals surface area (Å²) >= 11 is 8.13. The third kappa shape index (κ3) is 4.56. The summed E-state index contributed by atoms with van der Waals surface area (Å²) in [4.78, 5) is 26.2. The van der Waals surface area contributed by atoms with E-state index in [1.807, 2.05) is 20.8 Å². The van der Waals surface area contributed by atoms with Crippen LogP contribution in [-0.2, 0) is 11.2 Å². The minimum absolute atomic E-state index is 0.188. The number of rotatable bonds is 4. The normalized spacial score (nSPS) is 10.2. The van der Waals surface area contributed by atoms with Crippen LogP contribution in [0.4, 0.5) is 5.00 Å². The molecule has 134 valence electrons. The topological polar surface area (TPSA) is 79.5 Å². The van der Waals surface area contributed by atoms with Crippen LogP contribution >= 0.6 is 34.9 Å². The molecule has 0 unspecified atom stereocenters. The molecule has 2 aromatic rings. The van der Waals surface area contributed by atoms with E-state index >= 15 is 0 Å². The fourth-order valence-corrected chi connectivity index (χ4v) is 4.09. The van der Waals surface area contributed by atoms with Crippen molar-refractivity contribution in [3.63, 3.8) is 0 Å². The van der Waals surface area contributed by atoms with Crippen LogP contribution < -0.4 is 16.2 Å². The van der Waals surface area contributed by atoms with E-state index in [9.17, 15) is 9.59 Å². The van der Waals surface area contributed by atoms with Gasteiger partial charge in [0.15, 0.2) is 5.11 Å². The molecule has 1 amide bonds. The number of amides is 1. The van der Waals surface area contributed by atoms with Gasteiger partial charge < -0.3 is 10.1 Å². The van der Waals surface area contributed by atoms with Crippen LogP contribution in [0.25, 0.3) is 0 Å². The van der Waals surface area contributed by atoms with Crippen molar-refractivity contribution in [2.45, 2.75) is 27.2 Å². The SMILES string of the molecule is CCc1cc(C(=O)OC)c(NC(=S)NNC(=O)c2csc(C)c2C)s1. The maximum Gasteiger partial charge on any atom is 0.340 e. The van der Waals surface area contributed by atoms with Gasteiger partial charge in [-0.2, -0.15) is 0 Å². The minimum atomic E-state index is -0.436. The monoisotopic (exact) mass is 397 g/mol. The van der Waals surface area contributed by atoms with Gasteiger partial charge in [-0.25, -0.2) is 4.79 Å². The van der Waals surface area contributed by atoms with E-state index in [1.165, 1.54) is 29.8 Å². The number of aryl methyl sites for hydroxylation is 2. The average molecular weight is 398 g/mol. The highest BCUT2D eigenvalue weighted by Gasteiger charge is 2.18. The summed E-state index contributed by atoms with van der Waals surface area (Å²) in [5.74, 6) is -0.700. The number of ether oxygens (including phenoxy) is 1. The lowest BCUT2D eigenvalue weighted by atomic mass is 10.2. The largest absolute Gasteiger partial charge is 0.465 e. The number of methoxy groups -OCH3 is 1. The number of carbonyl (C=O) groups is 2. The lowest BCUT2D eigenvalue weighted by Gasteiger charge is -2.11. The van der Waals surface area contributed by atoms with Gasteiger partial charge in [-0.3, -0.25) is 15.6 Å². The molecule has 2 rings (SSSR count). The first kappa shape index (κ1) is 19.4. The summed E-state index contributed by atoms with van der Waals surface area (Å²) in [7, 11) is 1.33. The summed E-state index contributed by atoms with van der Waals surface area (Å²) in [6.45, 7) is 5.86. The van der Waals surface area contributed by atoms with Crippen LogP contribution in [0.3, 0.4) is 0 Å². The van der Waals surface area contributed by atoms with Gasteiger partial charge in [0.1, 0.15) is 5.00 Å². The number of hydrazine groups is 1. The van der Waals surface area contributed by atoms with Gasteiger partial charge in [0.25, 0.3) is 5.91 Å². The van der Waals surface area contributed by atoms with Crippen molar-refractivity contribution in [3.05, 3.63) is 37.9 Å². The van der Waals surface area contributed by atoms with Crippen molar-refractivity contribution in [1.82, 2.24) is 10.9 Å². The molecule has 2 heterocycles. The molecule has 0 bridgehead atoms. The van der Waals surface area contributed by atoms with E-state index in [2.05, 4.69) is 16.2 Å². The quantitative estimate of drug-likeness (QED) is 0.417. The first-order valence-electron chi connectivity index (χ1n) is 7.50. The van der Waals surface area contributed by atoms with Crippen LogP contribution in [0.2, 0.25) is 0 Å². The van der Waals surface area contributed by atoms with Crippen molar-refractivity contribution in [3.8, 4) is 0 Å². The maximum atomic E-state index is 12.2. The smallest absolute Gasteiger partial charge is 0.340 e. The van der Waals surface area contributed by atoms with E-state index in [4.69, 9.17) is 17.0 Å². The van der Waals surface area contributed by atoms with Gasteiger partial charge in [0.2, 0.25) is 0 Å². The lowest BCUT2D eigenvalue weighted by molar-refractivity contribution is 0.0602. The summed E-state index contributed by atoms with van der Waals surface area (Å²) < 4.78 is 4.78. The van der Waals surface area contributed by atoms with Crippen molar-refractivity contribution >= 4 is 56.9 Å². The molecule has 3 N–H and O–H groups in total.